The van der Waals surface area contributed by atoms with Gasteiger partial charge in [-0.2, -0.15) is 0 Å². The van der Waals surface area contributed by atoms with Crippen LogP contribution in [-0.2, 0) is 25.7 Å². The number of hydrogen-bond acceptors (Lipinski definition) is 10. The highest BCUT2D eigenvalue weighted by atomic mass is 79.9. The van der Waals surface area contributed by atoms with Gasteiger partial charge in [-0.15, -0.1) is 0 Å². The number of aromatic nitrogens is 1. The summed E-state index contributed by atoms with van der Waals surface area (Å²) in [5, 5.41) is 0.634. The Hall–Kier alpha value is -4.39. The molecule has 4 aromatic rings. The molecule has 0 saturated heterocycles. The first-order valence-electron chi connectivity index (χ1n) is 15.0. The van der Waals surface area contributed by atoms with Crippen LogP contribution >= 0.6 is 38.9 Å². The van der Waals surface area contributed by atoms with Crippen LogP contribution in [0.15, 0.2) is 86.2 Å². The van der Waals surface area contributed by atoms with Gasteiger partial charge in [0.1, 0.15) is 12.4 Å². The van der Waals surface area contributed by atoms with Crippen molar-refractivity contribution in [1.82, 2.24) is 4.57 Å². The van der Waals surface area contributed by atoms with Gasteiger partial charge in [0.05, 0.1) is 42.2 Å². The Morgan fingerprint density at radius 3 is 2.44 bits per heavy atom. The van der Waals surface area contributed by atoms with E-state index in [2.05, 4.69) is 25.7 Å². The number of carbonyl (C=O) groups is 2. The van der Waals surface area contributed by atoms with E-state index in [0.717, 1.165) is 10.0 Å². The van der Waals surface area contributed by atoms with Crippen LogP contribution in [0.5, 0.6) is 17.2 Å². The predicted octanol–water partition coefficient (Wildman–Crippen LogP) is 5.74. The third-order valence-corrected chi connectivity index (χ3v) is 8.97. The van der Waals surface area contributed by atoms with Gasteiger partial charge in [0, 0.05) is 15.1 Å². The first-order chi connectivity index (χ1) is 23.1. The first-order valence-corrected chi connectivity index (χ1v) is 16.9. The molecule has 0 amide bonds. The Bertz CT molecular complexity index is 2060. The minimum Gasteiger partial charge on any atom is -0.490 e. The second kappa shape index (κ2) is 15.7. The maximum atomic E-state index is 14.3. The number of benzene rings is 3. The SMILES string of the molecule is CCOC(=O)C1=C(C)N=c2s/c(=C\c3cc(Br)ccc3OCc3ccc(Cl)cc3)c(=O)n2[C@@H]1c1ccc(OCC(=O)OC)c(OCC)c1. The molecule has 5 rings (SSSR count). The Labute approximate surface area is 294 Å². The minimum absolute atomic E-state index is 0.138. The smallest absolute Gasteiger partial charge is 0.343 e. The lowest BCUT2D eigenvalue weighted by molar-refractivity contribution is -0.143. The van der Waals surface area contributed by atoms with Crippen molar-refractivity contribution in [3.8, 4) is 17.2 Å². The van der Waals surface area contributed by atoms with E-state index in [1.165, 1.54) is 23.0 Å². The molecule has 1 aliphatic rings. The summed E-state index contributed by atoms with van der Waals surface area (Å²) in [7, 11) is 1.27. The molecular weight excluding hydrogens is 724 g/mol. The summed E-state index contributed by atoms with van der Waals surface area (Å²) in [4.78, 5) is 44.5. The van der Waals surface area contributed by atoms with E-state index in [0.29, 0.717) is 61.6 Å². The Kier molecular flexibility index (Phi) is 11.4. The molecule has 0 N–H and O–H groups in total. The normalized spacial score (nSPS) is 14.2. The summed E-state index contributed by atoms with van der Waals surface area (Å²) < 4.78 is 30.4. The van der Waals surface area contributed by atoms with E-state index < -0.39 is 18.0 Å². The second-order valence-electron chi connectivity index (χ2n) is 10.4. The molecule has 0 unspecified atom stereocenters. The van der Waals surface area contributed by atoms with Crippen molar-refractivity contribution in [2.24, 2.45) is 4.99 Å². The van der Waals surface area contributed by atoms with Crippen LogP contribution in [0.25, 0.3) is 6.08 Å². The number of methoxy groups -OCH3 is 1. The van der Waals surface area contributed by atoms with Gasteiger partial charge in [-0.1, -0.05) is 57.1 Å². The zero-order chi connectivity index (χ0) is 34.4. The standard InChI is InChI=1S/C35H32BrClN2O8S/c1-5-44-28-16-22(9-13-27(28)47-19-30(40)43-4)32-31(34(42)45-6-2)20(3)38-35-39(32)33(41)29(48-35)17-23-15-24(36)10-14-26(23)46-18-21-7-11-25(37)12-8-21/h7-17,32H,5-6,18-19H2,1-4H3/b29-17-/t32-/m1/s1. The highest BCUT2D eigenvalue weighted by Crippen LogP contribution is 2.36. The summed E-state index contributed by atoms with van der Waals surface area (Å²) in [5.74, 6) is 0.0589. The molecule has 0 saturated carbocycles. The van der Waals surface area contributed by atoms with Gasteiger partial charge in [0.25, 0.3) is 5.56 Å². The molecule has 1 atom stereocenters. The lowest BCUT2D eigenvalue weighted by Gasteiger charge is -2.25. The van der Waals surface area contributed by atoms with Gasteiger partial charge in [0.15, 0.2) is 22.9 Å². The molecule has 0 aliphatic carbocycles. The predicted molar refractivity (Wildman–Crippen MR) is 185 cm³/mol. The zero-order valence-corrected chi connectivity index (χ0v) is 29.7. The van der Waals surface area contributed by atoms with Crippen LogP contribution < -0.4 is 29.1 Å². The number of carbonyl (C=O) groups excluding carboxylic acids is 2. The van der Waals surface area contributed by atoms with Crippen molar-refractivity contribution in [3.63, 3.8) is 0 Å². The van der Waals surface area contributed by atoms with Crippen LogP contribution in [0.2, 0.25) is 5.02 Å². The quantitative estimate of drug-likeness (QED) is 0.168. The van der Waals surface area contributed by atoms with Crippen molar-refractivity contribution >= 4 is 56.9 Å². The zero-order valence-electron chi connectivity index (χ0n) is 26.6. The molecular formula is C35H32BrClN2O8S. The van der Waals surface area contributed by atoms with Crippen molar-refractivity contribution in [1.29, 1.82) is 0 Å². The second-order valence-corrected chi connectivity index (χ2v) is 12.8. The molecule has 250 valence electrons. The number of esters is 2. The van der Waals surface area contributed by atoms with Gasteiger partial charge >= 0.3 is 11.9 Å². The van der Waals surface area contributed by atoms with Crippen LogP contribution in [-0.4, -0.2) is 43.4 Å². The lowest BCUT2D eigenvalue weighted by Crippen LogP contribution is -2.40. The van der Waals surface area contributed by atoms with Crippen LogP contribution in [0.4, 0.5) is 0 Å². The lowest BCUT2D eigenvalue weighted by atomic mass is 9.95. The Balaban J connectivity index is 1.61. The molecule has 0 radical (unpaired) electrons. The monoisotopic (exact) mass is 754 g/mol. The van der Waals surface area contributed by atoms with Crippen LogP contribution in [0, 0.1) is 0 Å². The molecule has 0 fully saturated rings. The third-order valence-electron chi connectivity index (χ3n) is 7.24. The Morgan fingerprint density at radius 2 is 1.73 bits per heavy atom. The molecule has 13 heteroatoms. The van der Waals surface area contributed by atoms with Gasteiger partial charge in [-0.3, -0.25) is 9.36 Å². The van der Waals surface area contributed by atoms with Gasteiger partial charge < -0.3 is 23.7 Å². The summed E-state index contributed by atoms with van der Waals surface area (Å²) >= 11 is 10.8. The maximum absolute atomic E-state index is 14.3. The number of hydrogen-bond donors (Lipinski definition) is 0. The molecule has 10 nitrogen and oxygen atoms in total. The number of halogens is 2. The summed E-state index contributed by atoms with van der Waals surface area (Å²) in [6.07, 6.45) is 1.75. The number of thiazole rings is 1. The summed E-state index contributed by atoms with van der Waals surface area (Å²) in [6, 6.07) is 17.1. The number of nitrogens with zero attached hydrogens (tertiary/aromatic N) is 2. The highest BCUT2D eigenvalue weighted by molar-refractivity contribution is 9.10. The van der Waals surface area contributed by atoms with E-state index in [1.54, 1.807) is 50.3 Å². The first kappa shape index (κ1) is 34.9. The number of fused-ring (bicyclic) bond motifs is 1. The van der Waals surface area contributed by atoms with E-state index in [1.807, 2.05) is 37.3 Å². The highest BCUT2D eigenvalue weighted by Gasteiger charge is 2.34. The fraction of sp³-hybridized carbons (Fsp3) is 0.257. The topological polar surface area (TPSA) is 115 Å². The van der Waals surface area contributed by atoms with Gasteiger partial charge in [-0.05, 0) is 80.4 Å². The van der Waals surface area contributed by atoms with Crippen molar-refractivity contribution in [2.45, 2.75) is 33.4 Å². The molecule has 3 aromatic carbocycles. The fourth-order valence-electron chi connectivity index (χ4n) is 5.03. The molecule has 0 spiro atoms. The van der Waals surface area contributed by atoms with Gasteiger partial charge in [0.2, 0.25) is 0 Å². The minimum atomic E-state index is -0.889. The number of allylic oxidation sites excluding steroid dienone is 1. The molecule has 2 heterocycles. The summed E-state index contributed by atoms with van der Waals surface area (Å²) in [6.45, 7) is 5.65. The van der Waals surface area contributed by atoms with Gasteiger partial charge in [-0.25, -0.2) is 14.6 Å². The van der Waals surface area contributed by atoms with Crippen LogP contribution in [0.3, 0.4) is 0 Å². The molecule has 48 heavy (non-hydrogen) atoms. The van der Waals surface area contributed by atoms with Crippen molar-refractivity contribution in [3.05, 3.63) is 118 Å². The molecule has 1 aromatic heterocycles. The molecule has 0 bridgehead atoms. The number of ether oxygens (including phenoxy) is 5. The van der Waals surface area contributed by atoms with Crippen molar-refractivity contribution in [2.75, 3.05) is 26.9 Å². The Morgan fingerprint density at radius 1 is 0.979 bits per heavy atom. The number of rotatable bonds is 12. The maximum Gasteiger partial charge on any atom is 0.343 e. The fourth-order valence-corrected chi connectivity index (χ4v) is 6.57. The largest absolute Gasteiger partial charge is 0.490 e. The van der Waals surface area contributed by atoms with E-state index in [4.69, 9.17) is 30.5 Å². The van der Waals surface area contributed by atoms with E-state index >= 15 is 0 Å². The average Bonchev–Trinajstić information content (AvgIpc) is 3.37. The molecule has 1 aliphatic heterocycles. The van der Waals surface area contributed by atoms with Crippen LogP contribution in [0.1, 0.15) is 43.5 Å². The summed E-state index contributed by atoms with van der Waals surface area (Å²) in [5.41, 5.74) is 2.45. The van der Waals surface area contributed by atoms with E-state index in [-0.39, 0.29) is 24.3 Å². The van der Waals surface area contributed by atoms with Crippen molar-refractivity contribution < 1.29 is 33.3 Å². The third kappa shape index (κ3) is 7.83. The average molecular weight is 756 g/mol. The van der Waals surface area contributed by atoms with E-state index in [9.17, 15) is 14.4 Å².